The normalized spacial score (nSPS) is 10.4. The Bertz CT molecular complexity index is 896. The molecule has 140 valence electrons. The molecule has 0 aliphatic carbocycles. The summed E-state index contributed by atoms with van der Waals surface area (Å²) < 4.78 is 10.6. The molecule has 0 aliphatic heterocycles. The van der Waals surface area contributed by atoms with Crippen molar-refractivity contribution in [2.75, 3.05) is 24.8 Å². The number of carbonyl (C=O) groups is 1. The Morgan fingerprint density at radius 3 is 2.74 bits per heavy atom. The number of carbonyl (C=O) groups excluding carboxylic acids is 1. The van der Waals surface area contributed by atoms with Crippen molar-refractivity contribution in [1.29, 1.82) is 0 Å². The van der Waals surface area contributed by atoms with Crippen LogP contribution in [0.1, 0.15) is 6.92 Å². The molecule has 1 amide bonds. The molecule has 2 aromatic carbocycles. The number of nitrogens with zero attached hydrogens (tertiary/aromatic N) is 2. The molecule has 0 spiro atoms. The van der Waals surface area contributed by atoms with Crippen LogP contribution in [0.3, 0.4) is 0 Å². The first-order chi connectivity index (χ1) is 13.2. The summed E-state index contributed by atoms with van der Waals surface area (Å²) >= 11 is 1.26. The molecule has 0 atom stereocenters. The molecule has 0 saturated heterocycles. The number of aromatic amines is 1. The number of ether oxygens (including phenoxy) is 2. The van der Waals surface area contributed by atoms with E-state index in [4.69, 9.17) is 9.47 Å². The van der Waals surface area contributed by atoms with E-state index in [-0.39, 0.29) is 11.7 Å². The highest BCUT2D eigenvalue weighted by Crippen LogP contribution is 2.22. The van der Waals surface area contributed by atoms with E-state index in [0.29, 0.717) is 29.0 Å². The van der Waals surface area contributed by atoms with Crippen LogP contribution in [-0.2, 0) is 4.79 Å². The third kappa shape index (κ3) is 5.24. The van der Waals surface area contributed by atoms with Crippen molar-refractivity contribution in [2.45, 2.75) is 12.1 Å². The zero-order valence-corrected chi connectivity index (χ0v) is 15.9. The van der Waals surface area contributed by atoms with Crippen LogP contribution in [0, 0.1) is 0 Å². The highest BCUT2D eigenvalue weighted by atomic mass is 32.2. The summed E-state index contributed by atoms with van der Waals surface area (Å²) in [5.41, 5.74) is 1.59. The number of thioether (sulfide) groups is 1. The van der Waals surface area contributed by atoms with E-state index in [1.165, 1.54) is 11.8 Å². The summed E-state index contributed by atoms with van der Waals surface area (Å²) in [5.74, 6) is 2.21. The molecule has 1 aromatic heterocycles. The van der Waals surface area contributed by atoms with Crippen molar-refractivity contribution in [1.82, 2.24) is 15.2 Å². The van der Waals surface area contributed by atoms with Gasteiger partial charge in [0, 0.05) is 17.3 Å². The fraction of sp³-hybridized carbons (Fsp3) is 0.211. The summed E-state index contributed by atoms with van der Waals surface area (Å²) in [6, 6.07) is 14.8. The standard InChI is InChI=1S/C19H20N4O3S/c1-3-26-15-9-7-13(8-10-15)18-21-19(23-22-18)27-12-17(24)20-14-5-4-6-16(11-14)25-2/h4-11H,3,12H2,1-2H3,(H,20,24)(H,21,22,23). The number of nitrogens with one attached hydrogen (secondary N) is 2. The number of benzene rings is 2. The highest BCUT2D eigenvalue weighted by Gasteiger charge is 2.10. The SMILES string of the molecule is CCOc1ccc(-c2nc(SCC(=O)Nc3cccc(OC)c3)n[nH]2)cc1. The largest absolute Gasteiger partial charge is 0.497 e. The lowest BCUT2D eigenvalue weighted by Gasteiger charge is -2.06. The predicted octanol–water partition coefficient (Wildman–Crippen LogP) is 3.61. The van der Waals surface area contributed by atoms with Gasteiger partial charge in [-0.05, 0) is 43.3 Å². The van der Waals surface area contributed by atoms with Crippen molar-refractivity contribution in [3.63, 3.8) is 0 Å². The molecule has 0 saturated carbocycles. The van der Waals surface area contributed by atoms with Crippen LogP contribution < -0.4 is 14.8 Å². The zero-order valence-electron chi connectivity index (χ0n) is 15.1. The van der Waals surface area contributed by atoms with Crippen LogP contribution >= 0.6 is 11.8 Å². The second kappa shape index (κ2) is 9.09. The Balaban J connectivity index is 1.55. The molecule has 7 nitrogen and oxygen atoms in total. The predicted molar refractivity (Wildman–Crippen MR) is 105 cm³/mol. The molecule has 27 heavy (non-hydrogen) atoms. The minimum atomic E-state index is -0.138. The number of anilines is 1. The summed E-state index contributed by atoms with van der Waals surface area (Å²) in [7, 11) is 1.59. The Hall–Kier alpha value is -3.00. The van der Waals surface area contributed by atoms with Gasteiger partial charge in [0.25, 0.3) is 0 Å². The maximum Gasteiger partial charge on any atom is 0.234 e. The van der Waals surface area contributed by atoms with E-state index < -0.39 is 0 Å². The maximum absolute atomic E-state index is 12.1. The van der Waals surface area contributed by atoms with Gasteiger partial charge in [0.15, 0.2) is 5.82 Å². The van der Waals surface area contributed by atoms with Gasteiger partial charge in [0.05, 0.1) is 19.5 Å². The molecule has 0 unspecified atom stereocenters. The van der Waals surface area contributed by atoms with Crippen LogP contribution in [0.25, 0.3) is 11.4 Å². The van der Waals surface area contributed by atoms with Gasteiger partial charge in [-0.3, -0.25) is 9.89 Å². The third-order valence-electron chi connectivity index (χ3n) is 3.59. The quantitative estimate of drug-likeness (QED) is 0.577. The van der Waals surface area contributed by atoms with Crippen molar-refractivity contribution in [2.24, 2.45) is 0 Å². The molecule has 1 heterocycles. The van der Waals surface area contributed by atoms with E-state index in [2.05, 4.69) is 20.5 Å². The third-order valence-corrected chi connectivity index (χ3v) is 4.44. The lowest BCUT2D eigenvalue weighted by molar-refractivity contribution is -0.113. The fourth-order valence-corrected chi connectivity index (χ4v) is 2.94. The minimum absolute atomic E-state index is 0.138. The molecular formula is C19H20N4O3S. The molecule has 8 heteroatoms. The molecule has 2 N–H and O–H groups in total. The van der Waals surface area contributed by atoms with E-state index in [1.54, 1.807) is 13.2 Å². The summed E-state index contributed by atoms with van der Waals surface area (Å²) in [5, 5.41) is 10.4. The van der Waals surface area contributed by atoms with E-state index in [1.807, 2.05) is 49.4 Å². The zero-order chi connectivity index (χ0) is 19.1. The number of rotatable bonds is 8. The number of aromatic nitrogens is 3. The Kier molecular flexibility index (Phi) is 6.32. The van der Waals surface area contributed by atoms with Gasteiger partial charge >= 0.3 is 0 Å². The monoisotopic (exact) mass is 384 g/mol. The van der Waals surface area contributed by atoms with Crippen molar-refractivity contribution in [3.05, 3.63) is 48.5 Å². The summed E-state index contributed by atoms with van der Waals surface area (Å²) in [6.45, 7) is 2.57. The van der Waals surface area contributed by atoms with Crippen LogP contribution in [0.4, 0.5) is 5.69 Å². The topological polar surface area (TPSA) is 89.1 Å². The van der Waals surface area contributed by atoms with Crippen LogP contribution in [0.2, 0.25) is 0 Å². The molecule has 0 aliphatic rings. The number of amides is 1. The van der Waals surface area contributed by atoms with Gasteiger partial charge in [-0.2, -0.15) is 0 Å². The molecule has 0 bridgehead atoms. The van der Waals surface area contributed by atoms with Gasteiger partial charge in [0.1, 0.15) is 11.5 Å². The van der Waals surface area contributed by atoms with Gasteiger partial charge in [-0.1, -0.05) is 17.8 Å². The minimum Gasteiger partial charge on any atom is -0.497 e. The first-order valence-corrected chi connectivity index (χ1v) is 9.39. The van der Waals surface area contributed by atoms with Crippen molar-refractivity contribution < 1.29 is 14.3 Å². The summed E-state index contributed by atoms with van der Waals surface area (Å²) in [4.78, 5) is 16.5. The van der Waals surface area contributed by atoms with Gasteiger partial charge in [-0.15, -0.1) is 5.10 Å². The number of methoxy groups -OCH3 is 1. The lowest BCUT2D eigenvalue weighted by Crippen LogP contribution is -2.14. The van der Waals surface area contributed by atoms with Crippen molar-refractivity contribution >= 4 is 23.4 Å². The second-order valence-electron chi connectivity index (χ2n) is 5.49. The highest BCUT2D eigenvalue weighted by molar-refractivity contribution is 7.99. The lowest BCUT2D eigenvalue weighted by atomic mass is 10.2. The van der Waals surface area contributed by atoms with E-state index >= 15 is 0 Å². The Labute approximate surface area is 161 Å². The molecule has 0 radical (unpaired) electrons. The second-order valence-corrected chi connectivity index (χ2v) is 6.44. The number of H-pyrrole nitrogens is 1. The average molecular weight is 384 g/mol. The Morgan fingerprint density at radius 2 is 2.00 bits per heavy atom. The van der Waals surface area contributed by atoms with Gasteiger partial charge in [0.2, 0.25) is 11.1 Å². The Morgan fingerprint density at radius 1 is 1.19 bits per heavy atom. The smallest absolute Gasteiger partial charge is 0.234 e. The maximum atomic E-state index is 12.1. The van der Waals surface area contributed by atoms with Crippen LogP contribution in [-0.4, -0.2) is 40.6 Å². The molecule has 0 fully saturated rings. The van der Waals surface area contributed by atoms with Gasteiger partial charge < -0.3 is 14.8 Å². The number of hydrogen-bond acceptors (Lipinski definition) is 6. The fourth-order valence-electron chi connectivity index (χ4n) is 2.34. The van der Waals surface area contributed by atoms with Gasteiger partial charge in [-0.25, -0.2) is 4.98 Å². The molecule has 3 rings (SSSR count). The number of hydrogen-bond donors (Lipinski definition) is 2. The summed E-state index contributed by atoms with van der Waals surface area (Å²) in [6.07, 6.45) is 0. The van der Waals surface area contributed by atoms with E-state index in [9.17, 15) is 4.79 Å². The average Bonchev–Trinajstić information content (AvgIpc) is 3.16. The molecule has 3 aromatic rings. The first kappa shape index (κ1) is 18.8. The van der Waals surface area contributed by atoms with E-state index in [0.717, 1.165) is 11.3 Å². The first-order valence-electron chi connectivity index (χ1n) is 8.40. The van der Waals surface area contributed by atoms with Crippen molar-refractivity contribution in [3.8, 4) is 22.9 Å². The van der Waals surface area contributed by atoms with Crippen LogP contribution in [0.15, 0.2) is 53.7 Å². The molecular weight excluding hydrogens is 364 g/mol. The van der Waals surface area contributed by atoms with Crippen LogP contribution in [0.5, 0.6) is 11.5 Å².